The number of carbonyl (C=O) groups is 2. The summed E-state index contributed by atoms with van der Waals surface area (Å²) in [4.78, 5) is 39.5. The summed E-state index contributed by atoms with van der Waals surface area (Å²) in [5, 5.41) is 9.10. The van der Waals surface area contributed by atoms with Crippen molar-refractivity contribution in [2.45, 2.75) is 31.8 Å². The number of aliphatic carboxylic acids is 1. The van der Waals surface area contributed by atoms with Gasteiger partial charge in [-0.25, -0.2) is 14.6 Å². The maximum atomic E-state index is 12.1. The Morgan fingerprint density at radius 1 is 1.42 bits per heavy atom. The first-order valence-corrected chi connectivity index (χ1v) is 6.13. The number of hydrogen-bond donors (Lipinski definition) is 1. The van der Waals surface area contributed by atoms with Crippen molar-refractivity contribution in [2.75, 3.05) is 6.54 Å². The second-order valence-electron chi connectivity index (χ2n) is 4.47. The van der Waals surface area contributed by atoms with Crippen LogP contribution in [-0.2, 0) is 16.1 Å². The van der Waals surface area contributed by atoms with E-state index >= 15 is 0 Å². The molecular weight excluding hydrogens is 250 g/mol. The molecule has 1 aliphatic rings. The topological polar surface area (TPSA) is 92.5 Å². The first-order chi connectivity index (χ1) is 9.09. The van der Waals surface area contributed by atoms with Crippen LogP contribution in [0.3, 0.4) is 0 Å². The molecule has 1 atom stereocenters. The molecule has 0 bridgehead atoms. The fraction of sp³-hybridized carbons (Fsp3) is 0.500. The number of carboxylic acids is 1. The molecule has 1 amide bonds. The smallest absolute Gasteiger partial charge is 0.347 e. The summed E-state index contributed by atoms with van der Waals surface area (Å²) < 4.78 is 1.18. The Bertz CT molecular complexity index is 540. The Morgan fingerprint density at radius 2 is 2.21 bits per heavy atom. The largest absolute Gasteiger partial charge is 0.480 e. The summed E-state index contributed by atoms with van der Waals surface area (Å²) in [7, 11) is 0. The third kappa shape index (κ3) is 2.98. The van der Waals surface area contributed by atoms with E-state index in [1.54, 1.807) is 6.07 Å². The van der Waals surface area contributed by atoms with Gasteiger partial charge in [-0.2, -0.15) is 0 Å². The number of amides is 1. The number of piperidine rings is 1. The molecule has 102 valence electrons. The van der Waals surface area contributed by atoms with Crippen molar-refractivity contribution in [2.24, 2.45) is 0 Å². The van der Waals surface area contributed by atoms with E-state index in [4.69, 9.17) is 5.11 Å². The van der Waals surface area contributed by atoms with E-state index in [9.17, 15) is 14.4 Å². The molecule has 1 saturated heterocycles. The van der Waals surface area contributed by atoms with E-state index in [0.29, 0.717) is 13.0 Å². The molecule has 19 heavy (non-hydrogen) atoms. The lowest BCUT2D eigenvalue weighted by molar-refractivity contribution is -0.152. The van der Waals surface area contributed by atoms with Crippen LogP contribution in [-0.4, -0.2) is 44.0 Å². The van der Waals surface area contributed by atoms with Gasteiger partial charge in [0.25, 0.3) is 0 Å². The Labute approximate surface area is 109 Å². The number of likely N-dealkylation sites (tertiary alicyclic amines) is 1. The van der Waals surface area contributed by atoms with Crippen molar-refractivity contribution in [3.63, 3.8) is 0 Å². The second kappa shape index (κ2) is 5.64. The normalized spacial score (nSPS) is 19.2. The lowest BCUT2D eigenvalue weighted by Gasteiger charge is -2.33. The zero-order valence-electron chi connectivity index (χ0n) is 10.4. The highest BCUT2D eigenvalue weighted by molar-refractivity contribution is 5.83. The van der Waals surface area contributed by atoms with Crippen molar-refractivity contribution in [3.8, 4) is 0 Å². The van der Waals surface area contributed by atoms with E-state index < -0.39 is 17.7 Å². The monoisotopic (exact) mass is 265 g/mol. The number of nitrogens with zero attached hydrogens (tertiary/aromatic N) is 3. The molecule has 1 N–H and O–H groups in total. The molecule has 0 unspecified atom stereocenters. The lowest BCUT2D eigenvalue weighted by Crippen LogP contribution is -2.49. The van der Waals surface area contributed by atoms with E-state index in [0.717, 1.165) is 12.8 Å². The second-order valence-corrected chi connectivity index (χ2v) is 4.47. The average Bonchev–Trinajstić information content (AvgIpc) is 2.41. The summed E-state index contributed by atoms with van der Waals surface area (Å²) in [6, 6.07) is 0.771. The van der Waals surface area contributed by atoms with Crippen molar-refractivity contribution in [3.05, 3.63) is 28.9 Å². The summed E-state index contributed by atoms with van der Waals surface area (Å²) in [6.07, 6.45) is 4.87. The molecule has 7 nitrogen and oxygen atoms in total. The maximum absolute atomic E-state index is 12.1. The maximum Gasteiger partial charge on any atom is 0.347 e. The van der Waals surface area contributed by atoms with Gasteiger partial charge in [-0.05, 0) is 25.3 Å². The molecule has 1 aromatic heterocycles. The van der Waals surface area contributed by atoms with Crippen molar-refractivity contribution < 1.29 is 14.7 Å². The van der Waals surface area contributed by atoms with Gasteiger partial charge >= 0.3 is 11.7 Å². The van der Waals surface area contributed by atoms with Gasteiger partial charge in [-0.3, -0.25) is 9.36 Å². The molecular formula is C12H15N3O4. The molecule has 1 fully saturated rings. The Morgan fingerprint density at radius 3 is 2.89 bits per heavy atom. The average molecular weight is 265 g/mol. The number of aromatic nitrogens is 2. The summed E-state index contributed by atoms with van der Waals surface area (Å²) in [6.45, 7) is 0.251. The highest BCUT2D eigenvalue weighted by Crippen LogP contribution is 2.17. The highest BCUT2D eigenvalue weighted by atomic mass is 16.4. The SMILES string of the molecule is O=C(O)[C@H]1CCCCN1C(=O)Cn1cccnc1=O. The van der Waals surface area contributed by atoms with Crippen LogP contribution >= 0.6 is 0 Å². The van der Waals surface area contributed by atoms with Crippen LogP contribution in [0.25, 0.3) is 0 Å². The van der Waals surface area contributed by atoms with Crippen LogP contribution in [0, 0.1) is 0 Å². The molecule has 2 heterocycles. The molecule has 1 aliphatic heterocycles. The van der Waals surface area contributed by atoms with E-state index in [1.807, 2.05) is 0 Å². The van der Waals surface area contributed by atoms with Gasteiger partial charge in [-0.1, -0.05) is 0 Å². The van der Waals surface area contributed by atoms with Crippen LogP contribution in [0.4, 0.5) is 0 Å². The van der Waals surface area contributed by atoms with Gasteiger partial charge in [-0.15, -0.1) is 0 Å². The molecule has 0 aliphatic carbocycles. The van der Waals surface area contributed by atoms with Gasteiger partial charge in [0.15, 0.2) is 0 Å². The fourth-order valence-corrected chi connectivity index (χ4v) is 2.23. The number of carbonyl (C=O) groups excluding carboxylic acids is 1. The quantitative estimate of drug-likeness (QED) is 0.810. The minimum atomic E-state index is -0.994. The molecule has 0 radical (unpaired) electrons. The molecule has 1 aromatic rings. The van der Waals surface area contributed by atoms with Gasteiger partial charge in [0.2, 0.25) is 5.91 Å². The molecule has 0 aromatic carbocycles. The van der Waals surface area contributed by atoms with Gasteiger partial charge in [0, 0.05) is 18.9 Å². The summed E-state index contributed by atoms with van der Waals surface area (Å²) in [5.74, 6) is -1.35. The minimum absolute atomic E-state index is 0.170. The molecule has 2 rings (SSSR count). The predicted octanol–water partition coefficient (Wildman–Crippen LogP) is -0.291. The van der Waals surface area contributed by atoms with E-state index in [2.05, 4.69) is 4.98 Å². The first kappa shape index (κ1) is 13.3. The zero-order valence-corrected chi connectivity index (χ0v) is 10.4. The van der Waals surface area contributed by atoms with Crippen molar-refractivity contribution in [1.82, 2.24) is 14.5 Å². The predicted molar refractivity (Wildman–Crippen MR) is 65.5 cm³/mol. The van der Waals surface area contributed by atoms with E-state index in [-0.39, 0.29) is 12.5 Å². The van der Waals surface area contributed by atoms with Gasteiger partial charge in [0.05, 0.1) is 0 Å². The van der Waals surface area contributed by atoms with Crippen LogP contribution < -0.4 is 5.69 Å². The molecule has 0 spiro atoms. The van der Waals surface area contributed by atoms with Crippen LogP contribution in [0.1, 0.15) is 19.3 Å². The molecule has 0 saturated carbocycles. The summed E-state index contributed by atoms with van der Waals surface area (Å²) >= 11 is 0. The highest BCUT2D eigenvalue weighted by Gasteiger charge is 2.31. The first-order valence-electron chi connectivity index (χ1n) is 6.13. The lowest BCUT2D eigenvalue weighted by atomic mass is 10.0. The fourth-order valence-electron chi connectivity index (χ4n) is 2.23. The van der Waals surface area contributed by atoms with Crippen LogP contribution in [0.15, 0.2) is 23.3 Å². The third-order valence-electron chi connectivity index (χ3n) is 3.20. The standard InChI is InChI=1S/C12H15N3O4/c16-10(8-14-6-3-5-13-12(14)19)15-7-2-1-4-9(15)11(17)18/h3,5-6,9H,1-2,4,7-8H2,(H,17,18)/t9-/m1/s1. The Hall–Kier alpha value is -2.18. The third-order valence-corrected chi connectivity index (χ3v) is 3.20. The number of hydrogen-bond acceptors (Lipinski definition) is 4. The Balaban J connectivity index is 2.12. The summed E-state index contributed by atoms with van der Waals surface area (Å²) in [5.41, 5.74) is -0.514. The number of carboxylic acid groups (broad SMARTS) is 1. The molecule has 7 heteroatoms. The van der Waals surface area contributed by atoms with Crippen LogP contribution in [0.2, 0.25) is 0 Å². The van der Waals surface area contributed by atoms with Crippen LogP contribution in [0.5, 0.6) is 0 Å². The van der Waals surface area contributed by atoms with Crippen molar-refractivity contribution in [1.29, 1.82) is 0 Å². The van der Waals surface area contributed by atoms with E-state index in [1.165, 1.54) is 21.9 Å². The minimum Gasteiger partial charge on any atom is -0.480 e. The van der Waals surface area contributed by atoms with Crippen molar-refractivity contribution >= 4 is 11.9 Å². The number of rotatable bonds is 3. The van der Waals surface area contributed by atoms with Gasteiger partial charge < -0.3 is 10.0 Å². The Kier molecular flexibility index (Phi) is 3.94. The zero-order chi connectivity index (χ0) is 13.8. The van der Waals surface area contributed by atoms with Gasteiger partial charge in [0.1, 0.15) is 12.6 Å².